The highest BCUT2D eigenvalue weighted by atomic mass is 16.4. The number of carboxylic acid groups (broad SMARTS) is 1. The summed E-state index contributed by atoms with van der Waals surface area (Å²) in [5.41, 5.74) is 4.91. The van der Waals surface area contributed by atoms with Crippen LogP contribution in [-0.2, 0) is 9.59 Å². The average molecular weight is 288 g/mol. The molecule has 8 nitrogen and oxygen atoms in total. The Morgan fingerprint density at radius 2 is 1.95 bits per heavy atom. The van der Waals surface area contributed by atoms with E-state index in [2.05, 4.69) is 29.4 Å². The van der Waals surface area contributed by atoms with Gasteiger partial charge in [-0.05, 0) is 20.4 Å². The highest BCUT2D eigenvalue weighted by molar-refractivity contribution is 5.87. The Morgan fingerprint density at radius 3 is 2.40 bits per heavy atom. The molecule has 0 aliphatic rings. The minimum Gasteiger partial charge on any atom is -0.480 e. The topological polar surface area (TPSA) is 125 Å². The summed E-state index contributed by atoms with van der Waals surface area (Å²) in [6, 6.07) is -1.53. The standard InChI is InChI=1S/C12H24N4O4/c1-4-8(2)16(3)6-5-14-12(20)15-9(11(18)19)7-10(13)17/h8-9H,4-7H2,1-3H3,(H2,13,17)(H,18,19)(H2,14,15,20)/t8?,9-/m0/s1. The summed E-state index contributed by atoms with van der Waals surface area (Å²) in [5.74, 6) is -2.08. The van der Waals surface area contributed by atoms with E-state index in [1.807, 2.05) is 7.05 Å². The van der Waals surface area contributed by atoms with Crippen LogP contribution in [0.4, 0.5) is 4.79 Å². The number of carboxylic acids is 1. The van der Waals surface area contributed by atoms with Crippen LogP contribution in [0.2, 0.25) is 0 Å². The van der Waals surface area contributed by atoms with E-state index >= 15 is 0 Å². The zero-order valence-corrected chi connectivity index (χ0v) is 12.2. The van der Waals surface area contributed by atoms with Crippen LogP contribution in [0, 0.1) is 0 Å². The number of carbonyl (C=O) groups is 3. The van der Waals surface area contributed by atoms with Gasteiger partial charge in [-0.2, -0.15) is 0 Å². The van der Waals surface area contributed by atoms with E-state index in [4.69, 9.17) is 10.8 Å². The molecule has 0 fully saturated rings. The number of nitrogens with one attached hydrogen (secondary N) is 2. The first-order valence-corrected chi connectivity index (χ1v) is 6.53. The van der Waals surface area contributed by atoms with Crippen molar-refractivity contribution in [3.05, 3.63) is 0 Å². The first kappa shape index (κ1) is 18.2. The van der Waals surface area contributed by atoms with Crippen LogP contribution in [0.1, 0.15) is 26.7 Å². The molecule has 2 atom stereocenters. The van der Waals surface area contributed by atoms with Crippen molar-refractivity contribution in [1.29, 1.82) is 0 Å². The summed E-state index contributed by atoms with van der Waals surface area (Å²) >= 11 is 0. The maximum atomic E-state index is 11.5. The van der Waals surface area contributed by atoms with E-state index in [9.17, 15) is 14.4 Å². The van der Waals surface area contributed by atoms with Gasteiger partial charge in [0.05, 0.1) is 6.42 Å². The Bertz CT molecular complexity index is 348. The van der Waals surface area contributed by atoms with Crippen molar-refractivity contribution >= 4 is 17.9 Å². The number of urea groups is 1. The second-order valence-corrected chi connectivity index (χ2v) is 4.70. The van der Waals surface area contributed by atoms with Crippen molar-refractivity contribution in [2.45, 2.75) is 38.8 Å². The lowest BCUT2D eigenvalue weighted by atomic mass is 10.2. The molecule has 0 aromatic rings. The smallest absolute Gasteiger partial charge is 0.326 e. The second-order valence-electron chi connectivity index (χ2n) is 4.70. The van der Waals surface area contributed by atoms with Crippen LogP contribution in [0.15, 0.2) is 0 Å². The van der Waals surface area contributed by atoms with Gasteiger partial charge in [-0.3, -0.25) is 4.79 Å². The average Bonchev–Trinajstić information content (AvgIpc) is 2.36. The molecular weight excluding hydrogens is 264 g/mol. The summed E-state index contributed by atoms with van der Waals surface area (Å²) in [6.45, 7) is 5.18. The summed E-state index contributed by atoms with van der Waals surface area (Å²) in [5, 5.41) is 13.6. The van der Waals surface area contributed by atoms with E-state index < -0.39 is 30.4 Å². The molecule has 0 aromatic heterocycles. The quantitative estimate of drug-likeness (QED) is 0.448. The number of nitrogens with two attached hydrogens (primary N) is 1. The van der Waals surface area contributed by atoms with E-state index in [1.165, 1.54) is 0 Å². The number of nitrogens with zero attached hydrogens (tertiary/aromatic N) is 1. The van der Waals surface area contributed by atoms with Crippen molar-refractivity contribution in [2.75, 3.05) is 20.1 Å². The molecule has 3 amide bonds. The number of primary amides is 1. The molecule has 0 spiro atoms. The van der Waals surface area contributed by atoms with Crippen molar-refractivity contribution in [3.63, 3.8) is 0 Å². The Labute approximate surface area is 118 Å². The summed E-state index contributed by atoms with van der Waals surface area (Å²) in [6.07, 6.45) is 0.567. The number of hydrogen-bond acceptors (Lipinski definition) is 4. The number of carbonyl (C=O) groups excluding carboxylic acids is 2. The first-order valence-electron chi connectivity index (χ1n) is 6.53. The number of likely N-dealkylation sites (N-methyl/N-ethyl adjacent to an activating group) is 1. The van der Waals surface area contributed by atoms with Gasteiger partial charge in [0.15, 0.2) is 0 Å². The van der Waals surface area contributed by atoms with Gasteiger partial charge in [-0.25, -0.2) is 9.59 Å². The predicted octanol–water partition coefficient (Wildman–Crippen LogP) is -0.655. The molecule has 0 heterocycles. The first-order chi connectivity index (χ1) is 9.27. The van der Waals surface area contributed by atoms with Gasteiger partial charge in [0.25, 0.3) is 0 Å². The molecule has 116 valence electrons. The lowest BCUT2D eigenvalue weighted by Gasteiger charge is -2.23. The van der Waals surface area contributed by atoms with Crippen LogP contribution in [0.3, 0.4) is 0 Å². The molecule has 0 saturated heterocycles. The fraction of sp³-hybridized carbons (Fsp3) is 0.750. The zero-order chi connectivity index (χ0) is 15.7. The van der Waals surface area contributed by atoms with Crippen molar-refractivity contribution in [2.24, 2.45) is 5.73 Å². The molecule has 0 bridgehead atoms. The lowest BCUT2D eigenvalue weighted by molar-refractivity contribution is -0.140. The van der Waals surface area contributed by atoms with Gasteiger partial charge in [0.2, 0.25) is 5.91 Å². The Morgan fingerprint density at radius 1 is 1.35 bits per heavy atom. The monoisotopic (exact) mass is 288 g/mol. The fourth-order valence-corrected chi connectivity index (χ4v) is 1.49. The van der Waals surface area contributed by atoms with Gasteiger partial charge in [0.1, 0.15) is 6.04 Å². The number of amides is 3. The van der Waals surface area contributed by atoms with Crippen LogP contribution in [0.25, 0.3) is 0 Å². The number of aliphatic carboxylic acids is 1. The summed E-state index contributed by atoms with van der Waals surface area (Å²) in [7, 11) is 1.95. The summed E-state index contributed by atoms with van der Waals surface area (Å²) < 4.78 is 0. The zero-order valence-electron chi connectivity index (χ0n) is 12.2. The van der Waals surface area contributed by atoms with Crippen LogP contribution < -0.4 is 16.4 Å². The maximum absolute atomic E-state index is 11.5. The molecule has 8 heteroatoms. The largest absolute Gasteiger partial charge is 0.480 e. The third-order valence-corrected chi connectivity index (χ3v) is 3.10. The molecule has 0 saturated carbocycles. The minimum atomic E-state index is -1.31. The molecular formula is C12H24N4O4. The predicted molar refractivity (Wildman–Crippen MR) is 74.2 cm³/mol. The van der Waals surface area contributed by atoms with Gasteiger partial charge in [0, 0.05) is 19.1 Å². The third-order valence-electron chi connectivity index (χ3n) is 3.10. The van der Waals surface area contributed by atoms with E-state index in [-0.39, 0.29) is 0 Å². The molecule has 20 heavy (non-hydrogen) atoms. The normalized spacial score (nSPS) is 13.6. The van der Waals surface area contributed by atoms with Crippen molar-refractivity contribution in [3.8, 4) is 0 Å². The number of rotatable bonds is 9. The molecule has 0 aliphatic carbocycles. The van der Waals surface area contributed by atoms with E-state index in [0.29, 0.717) is 19.1 Å². The highest BCUT2D eigenvalue weighted by Gasteiger charge is 2.21. The maximum Gasteiger partial charge on any atom is 0.326 e. The van der Waals surface area contributed by atoms with Crippen LogP contribution in [-0.4, -0.2) is 60.1 Å². The molecule has 0 aromatic carbocycles. The molecule has 0 radical (unpaired) electrons. The Balaban J connectivity index is 4.08. The Kier molecular flexibility index (Phi) is 8.30. The fourth-order valence-electron chi connectivity index (χ4n) is 1.49. The SMILES string of the molecule is CCC(C)N(C)CCNC(=O)N[C@@H](CC(N)=O)C(=O)O. The summed E-state index contributed by atoms with van der Waals surface area (Å²) in [4.78, 5) is 35.1. The molecule has 0 rings (SSSR count). The molecule has 5 N–H and O–H groups in total. The van der Waals surface area contributed by atoms with E-state index in [1.54, 1.807) is 0 Å². The third kappa shape index (κ3) is 7.57. The molecule has 0 aliphatic heterocycles. The molecule has 1 unspecified atom stereocenters. The van der Waals surface area contributed by atoms with Gasteiger partial charge in [-0.15, -0.1) is 0 Å². The highest BCUT2D eigenvalue weighted by Crippen LogP contribution is 1.98. The Hall–Kier alpha value is -1.83. The minimum absolute atomic E-state index is 0.385. The van der Waals surface area contributed by atoms with Gasteiger partial charge in [-0.1, -0.05) is 6.92 Å². The van der Waals surface area contributed by atoms with E-state index in [0.717, 1.165) is 6.42 Å². The number of hydrogen-bond donors (Lipinski definition) is 4. The van der Waals surface area contributed by atoms with Crippen molar-refractivity contribution in [1.82, 2.24) is 15.5 Å². The lowest BCUT2D eigenvalue weighted by Crippen LogP contribution is -2.49. The van der Waals surface area contributed by atoms with Crippen LogP contribution in [0.5, 0.6) is 0 Å². The van der Waals surface area contributed by atoms with Gasteiger partial charge < -0.3 is 26.4 Å². The second kappa shape index (κ2) is 9.13. The van der Waals surface area contributed by atoms with Crippen LogP contribution >= 0.6 is 0 Å². The van der Waals surface area contributed by atoms with Crippen molar-refractivity contribution < 1.29 is 19.5 Å². The van der Waals surface area contributed by atoms with Gasteiger partial charge >= 0.3 is 12.0 Å².